The Kier molecular flexibility index (Phi) is 5.62. The van der Waals surface area contributed by atoms with E-state index in [2.05, 4.69) is 0 Å². The van der Waals surface area contributed by atoms with Crippen LogP contribution in [-0.2, 0) is 9.59 Å². The molecule has 2 amide bonds. The Morgan fingerprint density at radius 1 is 1.22 bits per heavy atom. The van der Waals surface area contributed by atoms with Gasteiger partial charge in [0.25, 0.3) is 0 Å². The van der Waals surface area contributed by atoms with Gasteiger partial charge in [-0.25, -0.2) is 0 Å². The minimum absolute atomic E-state index is 0.0854. The van der Waals surface area contributed by atoms with Crippen molar-refractivity contribution in [2.45, 2.75) is 12.8 Å². The summed E-state index contributed by atoms with van der Waals surface area (Å²) < 4.78 is 10.5. The number of hydrogen-bond donors (Lipinski definition) is 1. The summed E-state index contributed by atoms with van der Waals surface area (Å²) in [6.07, 6.45) is 4.47. The molecule has 0 radical (unpaired) electrons. The summed E-state index contributed by atoms with van der Waals surface area (Å²) in [6, 6.07) is 5.40. The van der Waals surface area contributed by atoms with Crippen molar-refractivity contribution in [3.63, 3.8) is 0 Å². The molecule has 1 aromatic rings. The fraction of sp³-hybridized carbons (Fsp3) is 0.412. The fourth-order valence-electron chi connectivity index (χ4n) is 2.62. The van der Waals surface area contributed by atoms with E-state index in [-0.39, 0.29) is 17.7 Å². The van der Waals surface area contributed by atoms with Crippen molar-refractivity contribution in [1.29, 1.82) is 0 Å². The Bertz CT molecular complexity index is 605. The van der Waals surface area contributed by atoms with Gasteiger partial charge in [0.1, 0.15) is 11.5 Å². The highest BCUT2D eigenvalue weighted by atomic mass is 16.5. The van der Waals surface area contributed by atoms with Crippen LogP contribution in [0.4, 0.5) is 0 Å². The van der Waals surface area contributed by atoms with E-state index < -0.39 is 0 Å². The van der Waals surface area contributed by atoms with Crippen LogP contribution in [-0.4, -0.2) is 44.0 Å². The summed E-state index contributed by atoms with van der Waals surface area (Å²) in [4.78, 5) is 25.1. The summed E-state index contributed by atoms with van der Waals surface area (Å²) in [5.74, 6) is 0.871. The Morgan fingerprint density at radius 2 is 1.91 bits per heavy atom. The fourth-order valence-corrected chi connectivity index (χ4v) is 2.62. The van der Waals surface area contributed by atoms with Gasteiger partial charge >= 0.3 is 0 Å². The summed E-state index contributed by atoms with van der Waals surface area (Å²) in [6.45, 7) is 1.10. The molecule has 1 saturated heterocycles. The van der Waals surface area contributed by atoms with Crippen LogP contribution in [0, 0.1) is 5.92 Å². The number of nitrogens with zero attached hydrogens (tertiary/aromatic N) is 1. The lowest BCUT2D eigenvalue weighted by atomic mass is 9.96. The largest absolute Gasteiger partial charge is 0.497 e. The predicted octanol–water partition coefficient (Wildman–Crippen LogP) is 1.44. The number of hydrogen-bond acceptors (Lipinski definition) is 4. The zero-order chi connectivity index (χ0) is 16.8. The number of nitrogens with two attached hydrogens (primary N) is 1. The molecule has 0 aliphatic carbocycles. The Balaban J connectivity index is 2.03. The van der Waals surface area contributed by atoms with Crippen molar-refractivity contribution in [2.24, 2.45) is 11.7 Å². The zero-order valence-electron chi connectivity index (χ0n) is 13.5. The number of amides is 2. The molecule has 1 heterocycles. The van der Waals surface area contributed by atoms with Gasteiger partial charge in [0.2, 0.25) is 11.8 Å². The topological polar surface area (TPSA) is 81.9 Å². The molecule has 1 aliphatic heterocycles. The molecule has 0 aromatic heterocycles. The summed E-state index contributed by atoms with van der Waals surface area (Å²) in [5, 5.41) is 0. The Labute approximate surface area is 135 Å². The number of carbonyl (C=O) groups is 2. The molecule has 124 valence electrons. The minimum atomic E-state index is -0.284. The van der Waals surface area contributed by atoms with E-state index in [1.54, 1.807) is 37.3 Å². The second-order valence-electron chi connectivity index (χ2n) is 5.44. The van der Waals surface area contributed by atoms with E-state index in [4.69, 9.17) is 15.2 Å². The zero-order valence-corrected chi connectivity index (χ0v) is 13.5. The molecule has 2 N–H and O–H groups in total. The normalized spacial score (nSPS) is 15.7. The molecule has 0 spiro atoms. The second kappa shape index (κ2) is 7.67. The van der Waals surface area contributed by atoms with Gasteiger partial charge in [0.05, 0.1) is 14.2 Å². The highest BCUT2D eigenvalue weighted by molar-refractivity contribution is 5.92. The molecule has 0 bridgehead atoms. The first kappa shape index (κ1) is 16.9. The molecular formula is C17H22N2O4. The van der Waals surface area contributed by atoms with Crippen LogP contribution in [0.2, 0.25) is 0 Å². The van der Waals surface area contributed by atoms with Crippen LogP contribution in [0.25, 0.3) is 6.08 Å². The van der Waals surface area contributed by atoms with Crippen LogP contribution in [0.1, 0.15) is 18.4 Å². The molecule has 2 rings (SSSR count). The van der Waals surface area contributed by atoms with Crippen molar-refractivity contribution in [3.05, 3.63) is 29.8 Å². The van der Waals surface area contributed by atoms with Crippen molar-refractivity contribution in [1.82, 2.24) is 4.90 Å². The Morgan fingerprint density at radius 3 is 2.48 bits per heavy atom. The molecule has 0 unspecified atom stereocenters. The monoisotopic (exact) mass is 318 g/mol. The highest BCUT2D eigenvalue weighted by Crippen LogP contribution is 2.25. The van der Waals surface area contributed by atoms with Crippen LogP contribution < -0.4 is 15.2 Å². The second-order valence-corrected chi connectivity index (χ2v) is 5.44. The van der Waals surface area contributed by atoms with Gasteiger partial charge in [-0.2, -0.15) is 0 Å². The summed E-state index contributed by atoms with van der Waals surface area (Å²) >= 11 is 0. The van der Waals surface area contributed by atoms with Crippen molar-refractivity contribution >= 4 is 17.9 Å². The average Bonchev–Trinajstić information content (AvgIpc) is 2.59. The van der Waals surface area contributed by atoms with Gasteiger partial charge in [-0.15, -0.1) is 0 Å². The van der Waals surface area contributed by atoms with Crippen molar-refractivity contribution in [2.75, 3.05) is 27.3 Å². The van der Waals surface area contributed by atoms with Gasteiger partial charge in [-0.05, 0) is 37.1 Å². The first-order chi connectivity index (χ1) is 11.0. The third kappa shape index (κ3) is 4.25. The van der Waals surface area contributed by atoms with Crippen LogP contribution in [0.5, 0.6) is 11.5 Å². The first-order valence-corrected chi connectivity index (χ1v) is 7.53. The van der Waals surface area contributed by atoms with Crippen molar-refractivity contribution in [3.8, 4) is 11.5 Å². The average molecular weight is 318 g/mol. The molecule has 1 aromatic carbocycles. The molecule has 1 fully saturated rings. The third-order valence-corrected chi connectivity index (χ3v) is 4.05. The first-order valence-electron chi connectivity index (χ1n) is 7.53. The van der Waals surface area contributed by atoms with E-state index >= 15 is 0 Å². The SMILES string of the molecule is COc1ccc(OC)c(C=CC(=O)N2CCC(C(N)=O)CC2)c1. The minimum Gasteiger partial charge on any atom is -0.497 e. The number of piperidine rings is 1. The van der Waals surface area contributed by atoms with E-state index in [0.717, 1.165) is 5.56 Å². The van der Waals surface area contributed by atoms with Gasteiger partial charge in [-0.1, -0.05) is 0 Å². The lowest BCUT2D eigenvalue weighted by Gasteiger charge is -2.29. The smallest absolute Gasteiger partial charge is 0.246 e. The number of primary amides is 1. The van der Waals surface area contributed by atoms with E-state index in [1.807, 2.05) is 6.07 Å². The molecule has 0 atom stereocenters. The predicted molar refractivity (Wildman–Crippen MR) is 87.1 cm³/mol. The summed E-state index contributed by atoms with van der Waals surface area (Å²) in [7, 11) is 3.17. The van der Waals surface area contributed by atoms with Crippen LogP contribution >= 0.6 is 0 Å². The highest BCUT2D eigenvalue weighted by Gasteiger charge is 2.24. The van der Waals surface area contributed by atoms with Gasteiger partial charge in [0.15, 0.2) is 0 Å². The number of likely N-dealkylation sites (tertiary alicyclic amines) is 1. The number of rotatable bonds is 5. The molecule has 0 saturated carbocycles. The number of methoxy groups -OCH3 is 2. The van der Waals surface area contributed by atoms with Gasteiger partial charge < -0.3 is 20.1 Å². The number of benzene rings is 1. The standard InChI is InChI=1S/C17H22N2O4/c1-22-14-4-5-15(23-2)13(11-14)3-6-16(20)19-9-7-12(8-10-19)17(18)21/h3-6,11-12H,7-10H2,1-2H3,(H2,18,21). The molecular weight excluding hydrogens is 296 g/mol. The summed E-state index contributed by atoms with van der Waals surface area (Å²) in [5.41, 5.74) is 6.07. The maximum Gasteiger partial charge on any atom is 0.246 e. The lowest BCUT2D eigenvalue weighted by Crippen LogP contribution is -2.41. The van der Waals surface area contributed by atoms with Crippen LogP contribution in [0.15, 0.2) is 24.3 Å². The van der Waals surface area contributed by atoms with E-state index in [1.165, 1.54) is 6.08 Å². The molecule has 1 aliphatic rings. The lowest BCUT2D eigenvalue weighted by molar-refractivity contribution is -0.130. The molecule has 6 heteroatoms. The number of carbonyl (C=O) groups excluding carboxylic acids is 2. The van der Waals surface area contributed by atoms with Crippen LogP contribution in [0.3, 0.4) is 0 Å². The van der Waals surface area contributed by atoms with E-state index in [9.17, 15) is 9.59 Å². The van der Waals surface area contributed by atoms with Crippen molar-refractivity contribution < 1.29 is 19.1 Å². The molecule has 6 nitrogen and oxygen atoms in total. The maximum absolute atomic E-state index is 12.3. The quantitative estimate of drug-likeness (QED) is 0.833. The maximum atomic E-state index is 12.3. The van der Waals surface area contributed by atoms with E-state index in [0.29, 0.717) is 37.4 Å². The number of ether oxygens (including phenoxy) is 2. The molecule has 23 heavy (non-hydrogen) atoms. The third-order valence-electron chi connectivity index (χ3n) is 4.05. The Hall–Kier alpha value is -2.50. The van der Waals surface area contributed by atoms with Gasteiger partial charge in [0, 0.05) is 30.6 Å². The van der Waals surface area contributed by atoms with Gasteiger partial charge in [-0.3, -0.25) is 9.59 Å².